The molecule has 110 valence electrons. The highest BCUT2D eigenvalue weighted by Crippen LogP contribution is 2.14. The third-order valence-electron chi connectivity index (χ3n) is 3.02. The Morgan fingerprint density at radius 1 is 1.38 bits per heavy atom. The van der Waals surface area contributed by atoms with Gasteiger partial charge in [-0.3, -0.25) is 14.3 Å². The second-order valence-electron chi connectivity index (χ2n) is 4.63. The van der Waals surface area contributed by atoms with E-state index in [-0.39, 0.29) is 18.4 Å². The fourth-order valence-electron chi connectivity index (χ4n) is 1.73. The number of nitrogen functional groups attached to an aromatic ring is 1. The second-order valence-corrected chi connectivity index (χ2v) is 4.63. The number of likely N-dealkylation sites (N-methyl/N-ethyl adjacent to an activating group) is 1. The Hall–Kier alpha value is -2.83. The molecule has 0 atom stereocenters. The average molecular weight is 287 g/mol. The molecule has 0 fully saturated rings. The quantitative estimate of drug-likeness (QED) is 0.723. The summed E-state index contributed by atoms with van der Waals surface area (Å²) in [5, 5.41) is 9.21. The van der Waals surface area contributed by atoms with Gasteiger partial charge in [-0.25, -0.2) is 0 Å². The highest BCUT2D eigenvalue weighted by atomic mass is 16.2. The van der Waals surface area contributed by atoms with Crippen molar-refractivity contribution in [1.82, 2.24) is 15.1 Å². The van der Waals surface area contributed by atoms with E-state index >= 15 is 0 Å². The summed E-state index contributed by atoms with van der Waals surface area (Å²) in [6.07, 6.45) is 3.07. The molecule has 4 N–H and O–H groups in total. The van der Waals surface area contributed by atoms with Gasteiger partial charge in [-0.05, 0) is 24.6 Å². The van der Waals surface area contributed by atoms with Gasteiger partial charge in [-0.15, -0.1) is 0 Å². The van der Waals surface area contributed by atoms with Crippen LogP contribution >= 0.6 is 0 Å². The molecule has 0 saturated heterocycles. The molecule has 0 radical (unpaired) electrons. The van der Waals surface area contributed by atoms with Gasteiger partial charge in [0.15, 0.2) is 0 Å². The molecule has 0 aliphatic heterocycles. The van der Waals surface area contributed by atoms with Crippen molar-refractivity contribution in [2.24, 2.45) is 0 Å². The number of amides is 2. The maximum absolute atomic E-state index is 12.1. The minimum absolute atomic E-state index is 0.101. The van der Waals surface area contributed by atoms with E-state index < -0.39 is 0 Å². The van der Waals surface area contributed by atoms with Crippen molar-refractivity contribution in [3.63, 3.8) is 0 Å². The van der Waals surface area contributed by atoms with Crippen molar-refractivity contribution in [3.05, 3.63) is 41.7 Å². The van der Waals surface area contributed by atoms with Gasteiger partial charge in [0.1, 0.15) is 6.54 Å². The van der Waals surface area contributed by atoms with E-state index in [4.69, 9.17) is 5.73 Å². The van der Waals surface area contributed by atoms with Crippen LogP contribution < -0.4 is 16.4 Å². The number of aryl methyl sites for hydroxylation is 1. The zero-order valence-corrected chi connectivity index (χ0v) is 11.9. The van der Waals surface area contributed by atoms with Crippen LogP contribution in [0.15, 0.2) is 30.6 Å². The Kier molecular flexibility index (Phi) is 4.22. The largest absolute Gasteiger partial charge is 0.398 e. The number of benzene rings is 1. The molecule has 2 aromatic rings. The van der Waals surface area contributed by atoms with Gasteiger partial charge >= 0.3 is 0 Å². The molecule has 0 bridgehead atoms. The smallest absolute Gasteiger partial charge is 0.255 e. The van der Waals surface area contributed by atoms with E-state index in [1.807, 2.05) is 6.92 Å². The van der Waals surface area contributed by atoms with Crippen LogP contribution in [0.2, 0.25) is 0 Å². The van der Waals surface area contributed by atoms with E-state index in [1.54, 1.807) is 31.4 Å². The summed E-state index contributed by atoms with van der Waals surface area (Å²) in [6, 6.07) is 5.12. The van der Waals surface area contributed by atoms with E-state index in [0.717, 1.165) is 5.56 Å². The van der Waals surface area contributed by atoms with Gasteiger partial charge in [-0.1, -0.05) is 6.07 Å². The van der Waals surface area contributed by atoms with Crippen molar-refractivity contribution < 1.29 is 9.59 Å². The molecule has 1 heterocycles. The first-order valence-electron chi connectivity index (χ1n) is 6.40. The molecule has 0 aliphatic carbocycles. The maximum atomic E-state index is 12.1. The number of anilines is 2. The SMILES string of the molecule is CNC(=O)Cn1cc(NC(=O)c2ccc(C)c(N)c2)cn1. The van der Waals surface area contributed by atoms with Gasteiger partial charge in [0, 0.05) is 24.5 Å². The summed E-state index contributed by atoms with van der Waals surface area (Å²) in [5.74, 6) is -0.441. The molecular formula is C14H17N5O2. The summed E-state index contributed by atoms with van der Waals surface area (Å²) >= 11 is 0. The van der Waals surface area contributed by atoms with Gasteiger partial charge in [0.2, 0.25) is 5.91 Å². The first-order chi connectivity index (χ1) is 9.99. The highest BCUT2D eigenvalue weighted by molar-refractivity contribution is 6.04. The van der Waals surface area contributed by atoms with Gasteiger partial charge in [0.25, 0.3) is 5.91 Å². The number of carbonyl (C=O) groups excluding carboxylic acids is 2. The van der Waals surface area contributed by atoms with Crippen molar-refractivity contribution in [2.45, 2.75) is 13.5 Å². The minimum atomic E-state index is -0.277. The number of carbonyl (C=O) groups is 2. The lowest BCUT2D eigenvalue weighted by Gasteiger charge is -2.05. The number of nitrogens with zero attached hydrogens (tertiary/aromatic N) is 2. The van der Waals surface area contributed by atoms with Crippen LogP contribution in [-0.2, 0) is 11.3 Å². The highest BCUT2D eigenvalue weighted by Gasteiger charge is 2.09. The fourth-order valence-corrected chi connectivity index (χ4v) is 1.73. The number of aromatic nitrogens is 2. The number of rotatable bonds is 4. The molecule has 1 aromatic heterocycles. The summed E-state index contributed by atoms with van der Waals surface area (Å²) in [6.45, 7) is 1.98. The Labute approximate surface area is 122 Å². The minimum Gasteiger partial charge on any atom is -0.398 e. The third kappa shape index (κ3) is 3.59. The molecule has 7 heteroatoms. The lowest BCUT2D eigenvalue weighted by Crippen LogP contribution is -2.23. The monoisotopic (exact) mass is 287 g/mol. The molecule has 0 aliphatic rings. The van der Waals surface area contributed by atoms with Crippen LogP contribution in [0.3, 0.4) is 0 Å². The zero-order valence-electron chi connectivity index (χ0n) is 11.9. The van der Waals surface area contributed by atoms with Crippen LogP contribution in [-0.4, -0.2) is 28.6 Å². The Bertz CT molecular complexity index is 678. The summed E-state index contributed by atoms with van der Waals surface area (Å²) < 4.78 is 1.44. The molecule has 1 aromatic carbocycles. The lowest BCUT2D eigenvalue weighted by atomic mass is 10.1. The molecule has 0 unspecified atom stereocenters. The van der Waals surface area contributed by atoms with E-state index in [2.05, 4.69) is 15.7 Å². The zero-order chi connectivity index (χ0) is 15.4. The average Bonchev–Trinajstić information content (AvgIpc) is 2.88. The molecule has 21 heavy (non-hydrogen) atoms. The number of nitrogens with two attached hydrogens (primary N) is 1. The van der Waals surface area contributed by atoms with Crippen LogP contribution in [0.4, 0.5) is 11.4 Å². The fraction of sp³-hybridized carbons (Fsp3) is 0.214. The Balaban J connectivity index is 2.05. The number of hydrogen-bond acceptors (Lipinski definition) is 4. The lowest BCUT2D eigenvalue weighted by molar-refractivity contribution is -0.121. The molecule has 0 saturated carbocycles. The first-order valence-corrected chi connectivity index (χ1v) is 6.40. The molecule has 2 amide bonds. The van der Waals surface area contributed by atoms with Crippen molar-refractivity contribution in [2.75, 3.05) is 18.1 Å². The van der Waals surface area contributed by atoms with Gasteiger partial charge < -0.3 is 16.4 Å². The van der Waals surface area contributed by atoms with Crippen LogP contribution in [0, 0.1) is 6.92 Å². The second kappa shape index (κ2) is 6.08. The van der Waals surface area contributed by atoms with Gasteiger partial charge in [-0.2, -0.15) is 5.10 Å². The molecule has 2 rings (SSSR count). The molecular weight excluding hydrogens is 270 g/mol. The van der Waals surface area contributed by atoms with Crippen molar-refractivity contribution in [1.29, 1.82) is 0 Å². The Morgan fingerprint density at radius 3 is 2.81 bits per heavy atom. The predicted molar refractivity (Wildman–Crippen MR) is 79.8 cm³/mol. The van der Waals surface area contributed by atoms with Crippen molar-refractivity contribution >= 4 is 23.2 Å². The van der Waals surface area contributed by atoms with Crippen LogP contribution in [0.1, 0.15) is 15.9 Å². The summed E-state index contributed by atoms with van der Waals surface area (Å²) in [4.78, 5) is 23.3. The number of nitrogens with one attached hydrogen (secondary N) is 2. The maximum Gasteiger partial charge on any atom is 0.255 e. The van der Waals surface area contributed by atoms with Crippen LogP contribution in [0.5, 0.6) is 0 Å². The topological polar surface area (TPSA) is 102 Å². The summed E-state index contributed by atoms with van der Waals surface area (Å²) in [5.41, 5.74) is 8.26. The van der Waals surface area contributed by atoms with Crippen molar-refractivity contribution in [3.8, 4) is 0 Å². The summed E-state index contributed by atoms with van der Waals surface area (Å²) in [7, 11) is 1.55. The normalized spacial score (nSPS) is 10.2. The standard InChI is InChI=1S/C14H17N5O2/c1-9-3-4-10(5-12(9)15)14(21)18-11-6-17-19(7-11)8-13(20)16-2/h3-7H,8,15H2,1-2H3,(H,16,20)(H,18,21). The molecule has 0 spiro atoms. The van der Waals surface area contributed by atoms with E-state index in [9.17, 15) is 9.59 Å². The molecule has 7 nitrogen and oxygen atoms in total. The predicted octanol–water partition coefficient (Wildman–Crippen LogP) is 0.772. The Morgan fingerprint density at radius 2 is 2.14 bits per heavy atom. The first kappa shape index (κ1) is 14.6. The van der Waals surface area contributed by atoms with E-state index in [1.165, 1.54) is 10.9 Å². The van der Waals surface area contributed by atoms with Crippen LogP contribution in [0.25, 0.3) is 0 Å². The van der Waals surface area contributed by atoms with E-state index in [0.29, 0.717) is 16.9 Å². The number of hydrogen-bond donors (Lipinski definition) is 3. The third-order valence-corrected chi connectivity index (χ3v) is 3.02. The van der Waals surface area contributed by atoms with Gasteiger partial charge in [0.05, 0.1) is 11.9 Å².